The molecule has 1 heterocycles. The van der Waals surface area contributed by atoms with Gasteiger partial charge in [0.1, 0.15) is 0 Å². The number of nitrogens with two attached hydrogens (primary N) is 1. The SMILES string of the molecule is Nc1ccccc1C(=O)Nc1ccc2c(c1)c1ccccc1n2Cc1ccccc1. The Hall–Kier alpha value is -4.05. The molecular formula is C26H21N3O. The van der Waals surface area contributed by atoms with E-state index < -0.39 is 0 Å². The summed E-state index contributed by atoms with van der Waals surface area (Å²) >= 11 is 0. The monoisotopic (exact) mass is 391 g/mol. The lowest BCUT2D eigenvalue weighted by Gasteiger charge is -2.09. The number of amides is 1. The van der Waals surface area contributed by atoms with Crippen molar-refractivity contribution in [2.45, 2.75) is 6.54 Å². The molecule has 30 heavy (non-hydrogen) atoms. The molecule has 1 amide bonds. The summed E-state index contributed by atoms with van der Waals surface area (Å²) in [7, 11) is 0. The number of hydrogen-bond acceptors (Lipinski definition) is 2. The number of carbonyl (C=O) groups is 1. The quantitative estimate of drug-likeness (QED) is 0.387. The van der Waals surface area contributed by atoms with Crippen molar-refractivity contribution in [3.63, 3.8) is 0 Å². The van der Waals surface area contributed by atoms with Gasteiger partial charge in [-0.3, -0.25) is 4.79 Å². The van der Waals surface area contributed by atoms with Crippen LogP contribution in [0, 0.1) is 0 Å². The second-order valence-corrected chi connectivity index (χ2v) is 7.36. The Morgan fingerprint density at radius 1 is 0.767 bits per heavy atom. The van der Waals surface area contributed by atoms with Crippen LogP contribution in [0.1, 0.15) is 15.9 Å². The Morgan fingerprint density at radius 3 is 2.30 bits per heavy atom. The van der Waals surface area contributed by atoms with E-state index in [1.165, 1.54) is 16.5 Å². The smallest absolute Gasteiger partial charge is 0.257 e. The highest BCUT2D eigenvalue weighted by molar-refractivity contribution is 6.12. The van der Waals surface area contributed by atoms with Crippen molar-refractivity contribution < 1.29 is 4.79 Å². The normalized spacial score (nSPS) is 11.1. The molecule has 0 fully saturated rings. The predicted octanol–water partition coefficient (Wildman–Crippen LogP) is 5.68. The molecule has 0 aliphatic carbocycles. The van der Waals surface area contributed by atoms with Crippen LogP contribution in [0.15, 0.2) is 97.1 Å². The van der Waals surface area contributed by atoms with Gasteiger partial charge in [-0.05, 0) is 42.0 Å². The summed E-state index contributed by atoms with van der Waals surface area (Å²) in [5.74, 6) is -0.208. The van der Waals surface area contributed by atoms with Gasteiger partial charge in [0.15, 0.2) is 0 Å². The summed E-state index contributed by atoms with van der Waals surface area (Å²) < 4.78 is 2.32. The summed E-state index contributed by atoms with van der Waals surface area (Å²) in [6, 6.07) is 31.9. The number of nitrogens with one attached hydrogen (secondary N) is 1. The Morgan fingerprint density at radius 2 is 1.47 bits per heavy atom. The van der Waals surface area contributed by atoms with Gasteiger partial charge in [-0.2, -0.15) is 0 Å². The number of nitrogens with zero attached hydrogens (tertiary/aromatic N) is 1. The average molecular weight is 391 g/mol. The van der Waals surface area contributed by atoms with Crippen LogP contribution in [-0.2, 0) is 6.54 Å². The lowest BCUT2D eigenvalue weighted by Crippen LogP contribution is -2.13. The first-order chi connectivity index (χ1) is 14.7. The van der Waals surface area contributed by atoms with E-state index in [0.29, 0.717) is 11.3 Å². The highest BCUT2D eigenvalue weighted by Gasteiger charge is 2.13. The Kier molecular flexibility index (Phi) is 4.45. The van der Waals surface area contributed by atoms with E-state index in [4.69, 9.17) is 5.73 Å². The first-order valence-corrected chi connectivity index (χ1v) is 9.91. The van der Waals surface area contributed by atoms with Crippen molar-refractivity contribution in [3.8, 4) is 0 Å². The molecule has 4 heteroatoms. The number of nitrogen functional groups attached to an aromatic ring is 1. The van der Waals surface area contributed by atoms with Gasteiger partial charge >= 0.3 is 0 Å². The number of aromatic nitrogens is 1. The van der Waals surface area contributed by atoms with E-state index in [-0.39, 0.29) is 5.91 Å². The summed E-state index contributed by atoms with van der Waals surface area (Å²) in [5, 5.41) is 5.26. The van der Waals surface area contributed by atoms with E-state index >= 15 is 0 Å². The molecule has 0 aliphatic rings. The van der Waals surface area contributed by atoms with Crippen LogP contribution in [0.25, 0.3) is 21.8 Å². The fourth-order valence-electron chi connectivity index (χ4n) is 3.97. The van der Waals surface area contributed by atoms with Gasteiger partial charge in [0, 0.05) is 39.7 Å². The molecule has 0 unspecified atom stereocenters. The van der Waals surface area contributed by atoms with Gasteiger partial charge in [-0.15, -0.1) is 0 Å². The van der Waals surface area contributed by atoms with Crippen LogP contribution in [0.4, 0.5) is 11.4 Å². The van der Waals surface area contributed by atoms with E-state index in [1.807, 2.05) is 36.4 Å². The lowest BCUT2D eigenvalue weighted by molar-refractivity contribution is 0.102. The number of carbonyl (C=O) groups excluding carboxylic acids is 1. The number of hydrogen-bond donors (Lipinski definition) is 2. The summed E-state index contributed by atoms with van der Waals surface area (Å²) in [4.78, 5) is 12.7. The van der Waals surface area contributed by atoms with Gasteiger partial charge in [-0.25, -0.2) is 0 Å². The van der Waals surface area contributed by atoms with Crippen molar-refractivity contribution >= 4 is 39.1 Å². The zero-order chi connectivity index (χ0) is 20.5. The molecule has 4 aromatic carbocycles. The topological polar surface area (TPSA) is 60.1 Å². The van der Waals surface area contributed by atoms with Crippen molar-refractivity contribution in [1.29, 1.82) is 0 Å². The fraction of sp³-hybridized carbons (Fsp3) is 0.0385. The minimum atomic E-state index is -0.208. The molecule has 4 nitrogen and oxygen atoms in total. The first-order valence-electron chi connectivity index (χ1n) is 9.91. The molecule has 146 valence electrons. The largest absolute Gasteiger partial charge is 0.398 e. The van der Waals surface area contributed by atoms with E-state index in [2.05, 4.69) is 58.4 Å². The third-order valence-electron chi connectivity index (χ3n) is 5.42. The van der Waals surface area contributed by atoms with Gasteiger partial charge in [0.2, 0.25) is 0 Å². The van der Waals surface area contributed by atoms with E-state index in [1.54, 1.807) is 12.1 Å². The van der Waals surface area contributed by atoms with Crippen molar-refractivity contribution in [1.82, 2.24) is 4.57 Å². The van der Waals surface area contributed by atoms with Gasteiger partial charge in [0.05, 0.1) is 5.56 Å². The molecule has 0 aliphatic heterocycles. The number of benzene rings is 4. The molecule has 0 radical (unpaired) electrons. The average Bonchev–Trinajstić information content (AvgIpc) is 3.08. The molecule has 5 rings (SSSR count). The molecule has 0 atom stereocenters. The number of rotatable bonds is 4. The Labute approximate surface area is 174 Å². The van der Waals surface area contributed by atoms with Gasteiger partial charge in [0.25, 0.3) is 5.91 Å². The second kappa shape index (κ2) is 7.41. The molecule has 0 bridgehead atoms. The Balaban J connectivity index is 1.57. The Bertz CT molecular complexity index is 1370. The summed E-state index contributed by atoms with van der Waals surface area (Å²) in [5.41, 5.74) is 11.2. The fourth-order valence-corrected chi connectivity index (χ4v) is 3.97. The maximum atomic E-state index is 12.7. The zero-order valence-corrected chi connectivity index (χ0v) is 16.4. The molecule has 5 aromatic rings. The van der Waals surface area contributed by atoms with Crippen molar-refractivity contribution in [2.75, 3.05) is 11.1 Å². The van der Waals surface area contributed by atoms with Crippen LogP contribution >= 0.6 is 0 Å². The lowest BCUT2D eigenvalue weighted by atomic mass is 10.1. The maximum absolute atomic E-state index is 12.7. The standard InChI is InChI=1S/C26H21N3O/c27-23-12-6-4-11-21(23)26(30)28-19-14-15-25-22(16-19)20-10-5-7-13-24(20)29(25)17-18-8-2-1-3-9-18/h1-16H,17,27H2,(H,28,30). The minimum absolute atomic E-state index is 0.208. The van der Waals surface area contributed by atoms with E-state index in [9.17, 15) is 4.79 Å². The summed E-state index contributed by atoms with van der Waals surface area (Å²) in [6.45, 7) is 0.789. The molecule has 0 saturated carbocycles. The predicted molar refractivity (Wildman–Crippen MR) is 124 cm³/mol. The number of para-hydroxylation sites is 2. The number of fused-ring (bicyclic) bond motifs is 3. The first kappa shape index (κ1) is 18.0. The molecular weight excluding hydrogens is 370 g/mol. The molecule has 0 spiro atoms. The van der Waals surface area contributed by atoms with Crippen molar-refractivity contribution in [3.05, 3.63) is 108 Å². The van der Waals surface area contributed by atoms with Crippen LogP contribution in [-0.4, -0.2) is 10.5 Å². The van der Waals surface area contributed by atoms with E-state index in [0.717, 1.165) is 23.1 Å². The third-order valence-corrected chi connectivity index (χ3v) is 5.42. The van der Waals surface area contributed by atoms with Crippen LogP contribution in [0.2, 0.25) is 0 Å². The van der Waals surface area contributed by atoms with Crippen LogP contribution < -0.4 is 11.1 Å². The van der Waals surface area contributed by atoms with Crippen LogP contribution in [0.5, 0.6) is 0 Å². The highest BCUT2D eigenvalue weighted by Crippen LogP contribution is 2.32. The maximum Gasteiger partial charge on any atom is 0.257 e. The molecule has 3 N–H and O–H groups in total. The number of anilines is 2. The van der Waals surface area contributed by atoms with Gasteiger partial charge in [-0.1, -0.05) is 60.7 Å². The zero-order valence-electron chi connectivity index (χ0n) is 16.4. The third kappa shape index (κ3) is 3.18. The molecule has 0 saturated heterocycles. The second-order valence-electron chi connectivity index (χ2n) is 7.36. The van der Waals surface area contributed by atoms with Gasteiger partial charge < -0.3 is 15.6 Å². The minimum Gasteiger partial charge on any atom is -0.398 e. The highest BCUT2D eigenvalue weighted by atomic mass is 16.1. The van der Waals surface area contributed by atoms with Crippen LogP contribution in [0.3, 0.4) is 0 Å². The summed E-state index contributed by atoms with van der Waals surface area (Å²) in [6.07, 6.45) is 0. The van der Waals surface area contributed by atoms with Crippen molar-refractivity contribution in [2.24, 2.45) is 0 Å². The molecule has 1 aromatic heterocycles.